The summed E-state index contributed by atoms with van der Waals surface area (Å²) in [6, 6.07) is 5.82. The fourth-order valence-corrected chi connectivity index (χ4v) is 1.74. The number of nitrogens with zero attached hydrogens (tertiary/aromatic N) is 1. The maximum Gasteiger partial charge on any atom is 0.150 e. The monoisotopic (exact) mass is 173 g/mol. The molecule has 2 rings (SSSR count). The summed E-state index contributed by atoms with van der Waals surface area (Å²) < 4.78 is 2.04. The van der Waals surface area contributed by atoms with Gasteiger partial charge in [0.1, 0.15) is 0 Å². The topological polar surface area (TPSA) is 22.0 Å². The van der Waals surface area contributed by atoms with Crippen LogP contribution in [0.3, 0.4) is 0 Å². The number of benzene rings is 1. The van der Waals surface area contributed by atoms with Crippen molar-refractivity contribution in [3.8, 4) is 0 Å². The van der Waals surface area contributed by atoms with Crippen molar-refractivity contribution in [2.75, 3.05) is 0 Å². The van der Waals surface area contributed by atoms with Crippen LogP contribution in [0.5, 0.6) is 0 Å². The molecule has 0 fully saturated rings. The van der Waals surface area contributed by atoms with E-state index >= 15 is 0 Å². The summed E-state index contributed by atoms with van der Waals surface area (Å²) in [5.41, 5.74) is 3.11. The second-order valence-electron chi connectivity index (χ2n) is 3.28. The third kappa shape index (κ3) is 1.06. The Kier molecular flexibility index (Phi) is 1.69. The first kappa shape index (κ1) is 8.05. The zero-order valence-corrected chi connectivity index (χ0v) is 7.74. The van der Waals surface area contributed by atoms with E-state index in [9.17, 15) is 4.79 Å². The summed E-state index contributed by atoms with van der Waals surface area (Å²) in [5, 5.41) is 1.04. The minimum atomic E-state index is 0.765. The first-order valence-corrected chi connectivity index (χ1v) is 4.24. The number of carbonyl (C=O) groups excluding carboxylic acids is 1. The van der Waals surface area contributed by atoms with E-state index in [1.54, 1.807) is 0 Å². The van der Waals surface area contributed by atoms with Crippen molar-refractivity contribution in [3.63, 3.8) is 0 Å². The van der Waals surface area contributed by atoms with Crippen LogP contribution in [0.25, 0.3) is 10.9 Å². The Morgan fingerprint density at radius 3 is 2.77 bits per heavy atom. The lowest BCUT2D eigenvalue weighted by atomic mass is 10.1. The molecule has 2 nitrogen and oxygen atoms in total. The summed E-state index contributed by atoms with van der Waals surface area (Å²) >= 11 is 0. The van der Waals surface area contributed by atoms with Gasteiger partial charge in [0, 0.05) is 24.2 Å². The summed E-state index contributed by atoms with van der Waals surface area (Å²) in [7, 11) is 1.99. The van der Waals surface area contributed by atoms with E-state index < -0.39 is 0 Å². The molecule has 13 heavy (non-hydrogen) atoms. The van der Waals surface area contributed by atoms with Crippen molar-refractivity contribution in [2.24, 2.45) is 7.05 Å². The predicted molar refractivity (Wildman–Crippen MR) is 53.0 cm³/mol. The van der Waals surface area contributed by atoms with Gasteiger partial charge in [-0.25, -0.2) is 0 Å². The predicted octanol–water partition coefficient (Wildman–Crippen LogP) is 2.30. The second kappa shape index (κ2) is 2.73. The largest absolute Gasteiger partial charge is 0.350 e. The normalized spacial score (nSPS) is 10.6. The average molecular weight is 173 g/mol. The second-order valence-corrected chi connectivity index (χ2v) is 3.28. The van der Waals surface area contributed by atoms with Gasteiger partial charge in [0.25, 0.3) is 0 Å². The number of hydrogen-bond donors (Lipinski definition) is 0. The number of hydrogen-bond acceptors (Lipinski definition) is 1. The minimum absolute atomic E-state index is 0.765. The third-order valence-electron chi connectivity index (χ3n) is 2.40. The number of carbonyl (C=O) groups is 1. The molecule has 0 saturated carbocycles. The van der Waals surface area contributed by atoms with Gasteiger partial charge < -0.3 is 4.57 Å². The van der Waals surface area contributed by atoms with Crippen molar-refractivity contribution >= 4 is 17.2 Å². The van der Waals surface area contributed by atoms with E-state index in [2.05, 4.69) is 6.92 Å². The molecule has 1 aromatic heterocycles. The molecule has 2 aromatic rings. The lowest BCUT2D eigenvalue weighted by Crippen LogP contribution is -1.89. The SMILES string of the molecule is Cc1ccc(C=O)c2ccn(C)c12. The first-order valence-electron chi connectivity index (χ1n) is 4.24. The highest BCUT2D eigenvalue weighted by molar-refractivity contribution is 5.98. The van der Waals surface area contributed by atoms with Gasteiger partial charge in [-0.2, -0.15) is 0 Å². The van der Waals surface area contributed by atoms with Crippen LogP contribution in [0, 0.1) is 6.92 Å². The Balaban J connectivity index is 2.95. The van der Waals surface area contributed by atoms with E-state index in [1.807, 2.05) is 36.0 Å². The van der Waals surface area contributed by atoms with Crippen molar-refractivity contribution in [1.82, 2.24) is 4.57 Å². The molecule has 0 unspecified atom stereocenters. The molecule has 0 aliphatic carbocycles. The molecule has 0 spiro atoms. The van der Waals surface area contributed by atoms with Crippen molar-refractivity contribution < 1.29 is 4.79 Å². The lowest BCUT2D eigenvalue weighted by Gasteiger charge is -2.02. The summed E-state index contributed by atoms with van der Waals surface area (Å²) in [6.45, 7) is 2.05. The van der Waals surface area contributed by atoms with Crippen molar-refractivity contribution in [3.05, 3.63) is 35.5 Å². The molecule has 0 aliphatic rings. The highest BCUT2D eigenvalue weighted by Gasteiger charge is 2.05. The van der Waals surface area contributed by atoms with E-state index in [4.69, 9.17) is 0 Å². The Hall–Kier alpha value is -1.57. The summed E-state index contributed by atoms with van der Waals surface area (Å²) in [5.74, 6) is 0. The Morgan fingerprint density at radius 2 is 2.08 bits per heavy atom. The van der Waals surface area contributed by atoms with Crippen molar-refractivity contribution in [1.29, 1.82) is 0 Å². The number of aromatic nitrogens is 1. The van der Waals surface area contributed by atoms with Gasteiger partial charge in [0.15, 0.2) is 6.29 Å². The maximum atomic E-state index is 10.7. The van der Waals surface area contributed by atoms with Crippen molar-refractivity contribution in [2.45, 2.75) is 6.92 Å². The first-order chi connectivity index (χ1) is 6.24. The van der Waals surface area contributed by atoms with Gasteiger partial charge in [-0.3, -0.25) is 4.79 Å². The van der Waals surface area contributed by atoms with E-state index in [1.165, 1.54) is 5.56 Å². The van der Waals surface area contributed by atoms with Gasteiger partial charge >= 0.3 is 0 Å². The van der Waals surface area contributed by atoms with Gasteiger partial charge in [-0.05, 0) is 18.6 Å². The van der Waals surface area contributed by atoms with Crippen LogP contribution in [0.4, 0.5) is 0 Å². The summed E-state index contributed by atoms with van der Waals surface area (Å²) in [6.07, 6.45) is 2.88. The Bertz CT molecular complexity index is 468. The molecular formula is C11H11NO. The molecule has 1 heterocycles. The number of aryl methyl sites for hydroxylation is 2. The molecule has 1 aromatic carbocycles. The van der Waals surface area contributed by atoms with E-state index in [0.29, 0.717) is 0 Å². The van der Waals surface area contributed by atoms with Gasteiger partial charge in [0.05, 0.1) is 5.52 Å². The third-order valence-corrected chi connectivity index (χ3v) is 2.40. The molecule has 0 atom stereocenters. The Labute approximate surface area is 76.8 Å². The number of rotatable bonds is 1. The van der Waals surface area contributed by atoms with Crippen LogP contribution in [0.15, 0.2) is 24.4 Å². The highest BCUT2D eigenvalue weighted by atomic mass is 16.1. The van der Waals surface area contributed by atoms with Gasteiger partial charge in [-0.15, -0.1) is 0 Å². The molecule has 66 valence electrons. The zero-order chi connectivity index (χ0) is 9.42. The van der Waals surface area contributed by atoms with Gasteiger partial charge in [-0.1, -0.05) is 12.1 Å². The minimum Gasteiger partial charge on any atom is -0.350 e. The molecule has 0 amide bonds. The van der Waals surface area contributed by atoms with Crippen LogP contribution >= 0.6 is 0 Å². The molecule has 0 aliphatic heterocycles. The average Bonchev–Trinajstić information content (AvgIpc) is 2.50. The maximum absolute atomic E-state index is 10.7. The molecular weight excluding hydrogens is 162 g/mol. The summed E-state index contributed by atoms with van der Waals surface area (Å²) in [4.78, 5) is 10.7. The number of aldehydes is 1. The smallest absolute Gasteiger partial charge is 0.150 e. The Morgan fingerprint density at radius 1 is 1.31 bits per heavy atom. The standard InChI is InChI=1S/C11H11NO/c1-8-3-4-9(7-13)10-5-6-12(2)11(8)10/h3-7H,1-2H3. The van der Waals surface area contributed by atoms with Crippen LogP contribution in [-0.4, -0.2) is 10.9 Å². The fourth-order valence-electron chi connectivity index (χ4n) is 1.74. The molecule has 0 bridgehead atoms. The highest BCUT2D eigenvalue weighted by Crippen LogP contribution is 2.21. The fraction of sp³-hybridized carbons (Fsp3) is 0.182. The van der Waals surface area contributed by atoms with Crippen LogP contribution in [0.1, 0.15) is 15.9 Å². The molecule has 0 N–H and O–H groups in total. The van der Waals surface area contributed by atoms with Crippen LogP contribution < -0.4 is 0 Å². The zero-order valence-electron chi connectivity index (χ0n) is 7.74. The molecule has 0 radical (unpaired) electrons. The quantitative estimate of drug-likeness (QED) is 0.606. The van der Waals surface area contributed by atoms with Gasteiger partial charge in [0.2, 0.25) is 0 Å². The van der Waals surface area contributed by atoms with E-state index in [-0.39, 0.29) is 0 Å². The molecule has 0 saturated heterocycles. The van der Waals surface area contributed by atoms with Crippen LogP contribution in [-0.2, 0) is 7.05 Å². The molecule has 2 heteroatoms. The number of fused-ring (bicyclic) bond motifs is 1. The lowest BCUT2D eigenvalue weighted by molar-refractivity contribution is 0.112. The van der Waals surface area contributed by atoms with E-state index in [0.717, 1.165) is 22.8 Å². The van der Waals surface area contributed by atoms with Crippen LogP contribution in [0.2, 0.25) is 0 Å².